The summed E-state index contributed by atoms with van der Waals surface area (Å²) in [5.74, 6) is 0. The number of pyridine rings is 1. The lowest BCUT2D eigenvalue weighted by Crippen LogP contribution is -2.28. The maximum Gasteiger partial charge on any atom is 0.0410 e. The van der Waals surface area contributed by atoms with Gasteiger partial charge in [-0.2, -0.15) is 0 Å². The van der Waals surface area contributed by atoms with Crippen LogP contribution in [0, 0.1) is 0 Å². The van der Waals surface area contributed by atoms with Crippen LogP contribution in [-0.2, 0) is 5.54 Å². The van der Waals surface area contributed by atoms with Gasteiger partial charge in [-0.15, -0.1) is 0 Å². The monoisotopic (exact) mass is 290 g/mol. The number of rotatable bonds is 2. The van der Waals surface area contributed by atoms with Gasteiger partial charge in [-0.05, 0) is 47.0 Å². The molecule has 0 atom stereocenters. The molecule has 0 fully saturated rings. The molecule has 17 heavy (non-hydrogen) atoms. The van der Waals surface area contributed by atoms with Gasteiger partial charge < -0.3 is 5.73 Å². The molecule has 88 valence electrons. The molecule has 0 saturated heterocycles. The van der Waals surface area contributed by atoms with E-state index < -0.39 is 0 Å². The second-order valence-electron chi connectivity index (χ2n) is 4.69. The molecule has 0 amide bonds. The van der Waals surface area contributed by atoms with Gasteiger partial charge in [-0.1, -0.05) is 24.3 Å². The minimum atomic E-state index is -0.298. The van der Waals surface area contributed by atoms with E-state index in [-0.39, 0.29) is 5.54 Å². The molecule has 0 aliphatic rings. The first-order chi connectivity index (χ1) is 7.97. The van der Waals surface area contributed by atoms with Crippen LogP contribution < -0.4 is 5.73 Å². The van der Waals surface area contributed by atoms with Crippen LogP contribution in [0.15, 0.2) is 47.2 Å². The van der Waals surface area contributed by atoms with Crippen molar-refractivity contribution in [2.75, 3.05) is 0 Å². The Morgan fingerprint density at radius 3 is 2.24 bits per heavy atom. The van der Waals surface area contributed by atoms with E-state index in [0.717, 1.165) is 21.2 Å². The number of nitrogens with two attached hydrogens (primary N) is 1. The van der Waals surface area contributed by atoms with E-state index in [2.05, 4.69) is 51.2 Å². The van der Waals surface area contributed by atoms with Crippen LogP contribution in [0.25, 0.3) is 11.1 Å². The SMILES string of the molecule is CC(C)(N)c1ccc(-c2cncc(Br)c2)cc1. The lowest BCUT2D eigenvalue weighted by molar-refractivity contribution is 0.554. The number of aromatic nitrogens is 1. The summed E-state index contributed by atoms with van der Waals surface area (Å²) in [6.45, 7) is 4.01. The zero-order chi connectivity index (χ0) is 12.5. The van der Waals surface area contributed by atoms with Crippen molar-refractivity contribution in [2.24, 2.45) is 5.73 Å². The number of hydrogen-bond donors (Lipinski definition) is 1. The number of benzene rings is 1. The average Bonchev–Trinajstić information content (AvgIpc) is 2.28. The van der Waals surface area contributed by atoms with Crippen LogP contribution in [0.4, 0.5) is 0 Å². The lowest BCUT2D eigenvalue weighted by Gasteiger charge is -2.19. The van der Waals surface area contributed by atoms with Crippen LogP contribution in [0.5, 0.6) is 0 Å². The topological polar surface area (TPSA) is 38.9 Å². The van der Waals surface area contributed by atoms with Gasteiger partial charge in [0.15, 0.2) is 0 Å². The van der Waals surface area contributed by atoms with E-state index in [1.165, 1.54) is 0 Å². The van der Waals surface area contributed by atoms with E-state index in [1.807, 2.05) is 20.0 Å². The van der Waals surface area contributed by atoms with E-state index in [1.54, 1.807) is 6.20 Å². The molecule has 0 bridgehead atoms. The molecular weight excluding hydrogens is 276 g/mol. The Hall–Kier alpha value is -1.19. The standard InChI is InChI=1S/C14H15BrN2/c1-14(2,16)12-5-3-10(4-6-12)11-7-13(15)9-17-8-11/h3-9H,16H2,1-2H3. The second kappa shape index (κ2) is 4.59. The molecule has 1 aromatic heterocycles. The van der Waals surface area contributed by atoms with Crippen LogP contribution in [-0.4, -0.2) is 4.98 Å². The first-order valence-electron chi connectivity index (χ1n) is 5.47. The van der Waals surface area contributed by atoms with Gasteiger partial charge in [0.25, 0.3) is 0 Å². The van der Waals surface area contributed by atoms with Gasteiger partial charge >= 0.3 is 0 Å². The molecule has 0 unspecified atom stereocenters. The summed E-state index contributed by atoms with van der Waals surface area (Å²) < 4.78 is 0.984. The Kier molecular flexibility index (Phi) is 3.31. The largest absolute Gasteiger partial charge is 0.322 e. The van der Waals surface area contributed by atoms with E-state index in [9.17, 15) is 0 Å². The van der Waals surface area contributed by atoms with Gasteiger partial charge in [-0.3, -0.25) is 4.98 Å². The van der Waals surface area contributed by atoms with Crippen molar-refractivity contribution in [1.82, 2.24) is 4.98 Å². The van der Waals surface area contributed by atoms with Crippen molar-refractivity contribution in [2.45, 2.75) is 19.4 Å². The van der Waals surface area contributed by atoms with Crippen molar-refractivity contribution in [1.29, 1.82) is 0 Å². The maximum absolute atomic E-state index is 6.05. The predicted molar refractivity (Wildman–Crippen MR) is 74.6 cm³/mol. The van der Waals surface area contributed by atoms with Gasteiger partial charge in [-0.25, -0.2) is 0 Å². The highest BCUT2D eigenvalue weighted by Crippen LogP contribution is 2.24. The van der Waals surface area contributed by atoms with Gasteiger partial charge in [0.1, 0.15) is 0 Å². The molecule has 0 saturated carbocycles. The highest BCUT2D eigenvalue weighted by atomic mass is 79.9. The summed E-state index contributed by atoms with van der Waals surface area (Å²) in [6.07, 6.45) is 3.63. The smallest absolute Gasteiger partial charge is 0.0410 e. The second-order valence-corrected chi connectivity index (χ2v) is 5.61. The summed E-state index contributed by atoms with van der Waals surface area (Å²) >= 11 is 3.42. The number of halogens is 1. The first-order valence-corrected chi connectivity index (χ1v) is 6.26. The average molecular weight is 291 g/mol. The fraction of sp³-hybridized carbons (Fsp3) is 0.214. The van der Waals surface area contributed by atoms with Gasteiger partial charge in [0, 0.05) is 28.0 Å². The molecule has 0 radical (unpaired) electrons. The van der Waals surface area contributed by atoms with Crippen molar-refractivity contribution in [3.63, 3.8) is 0 Å². The summed E-state index contributed by atoms with van der Waals surface area (Å²) in [5.41, 5.74) is 9.12. The molecule has 2 aromatic rings. The van der Waals surface area contributed by atoms with Crippen molar-refractivity contribution >= 4 is 15.9 Å². The molecule has 1 aromatic carbocycles. The maximum atomic E-state index is 6.05. The third-order valence-electron chi connectivity index (χ3n) is 2.67. The fourth-order valence-corrected chi connectivity index (χ4v) is 2.03. The Labute approximate surface area is 110 Å². The summed E-state index contributed by atoms with van der Waals surface area (Å²) in [4.78, 5) is 4.16. The highest BCUT2D eigenvalue weighted by Gasteiger charge is 2.13. The highest BCUT2D eigenvalue weighted by molar-refractivity contribution is 9.10. The summed E-state index contributed by atoms with van der Waals surface area (Å²) in [5, 5.41) is 0. The van der Waals surface area contributed by atoms with Crippen molar-refractivity contribution in [3.05, 3.63) is 52.8 Å². The lowest BCUT2D eigenvalue weighted by atomic mass is 9.94. The Bertz CT molecular complexity index is 512. The molecule has 1 heterocycles. The minimum absolute atomic E-state index is 0.298. The van der Waals surface area contributed by atoms with Crippen LogP contribution in [0.3, 0.4) is 0 Å². The normalized spacial score (nSPS) is 11.5. The Balaban J connectivity index is 2.36. The number of hydrogen-bond acceptors (Lipinski definition) is 2. The molecule has 0 aliphatic heterocycles. The van der Waals surface area contributed by atoms with E-state index in [0.29, 0.717) is 0 Å². The molecule has 2 N–H and O–H groups in total. The van der Waals surface area contributed by atoms with E-state index in [4.69, 9.17) is 5.73 Å². The van der Waals surface area contributed by atoms with Crippen LogP contribution in [0.1, 0.15) is 19.4 Å². The molecule has 2 nitrogen and oxygen atoms in total. The Morgan fingerprint density at radius 2 is 1.71 bits per heavy atom. The summed E-state index contributed by atoms with van der Waals surface area (Å²) in [7, 11) is 0. The fourth-order valence-electron chi connectivity index (χ4n) is 1.66. The molecule has 3 heteroatoms. The Morgan fingerprint density at radius 1 is 1.06 bits per heavy atom. The van der Waals surface area contributed by atoms with E-state index >= 15 is 0 Å². The van der Waals surface area contributed by atoms with Crippen LogP contribution in [0.2, 0.25) is 0 Å². The van der Waals surface area contributed by atoms with Gasteiger partial charge in [0.05, 0.1) is 0 Å². The van der Waals surface area contributed by atoms with Gasteiger partial charge in [0.2, 0.25) is 0 Å². The predicted octanol–water partition coefficient (Wildman–Crippen LogP) is 3.70. The molecule has 0 aliphatic carbocycles. The van der Waals surface area contributed by atoms with Crippen molar-refractivity contribution in [3.8, 4) is 11.1 Å². The van der Waals surface area contributed by atoms with Crippen LogP contribution >= 0.6 is 15.9 Å². The quantitative estimate of drug-likeness (QED) is 0.916. The molecule has 0 spiro atoms. The minimum Gasteiger partial charge on any atom is -0.322 e. The molecular formula is C14H15BrN2. The zero-order valence-electron chi connectivity index (χ0n) is 9.94. The van der Waals surface area contributed by atoms with Crippen molar-refractivity contribution < 1.29 is 0 Å². The third-order valence-corrected chi connectivity index (χ3v) is 3.10. The number of nitrogens with zero attached hydrogens (tertiary/aromatic N) is 1. The zero-order valence-corrected chi connectivity index (χ0v) is 11.5. The third kappa shape index (κ3) is 2.93. The summed E-state index contributed by atoms with van der Waals surface area (Å²) in [6, 6.07) is 10.3. The molecule has 2 rings (SSSR count). The first kappa shape index (κ1) is 12.3.